The Morgan fingerprint density at radius 2 is 1.89 bits per heavy atom. The topological polar surface area (TPSA) is 70.1 Å². The lowest BCUT2D eigenvalue weighted by Crippen LogP contribution is -2.63. The van der Waals surface area contributed by atoms with Gasteiger partial charge in [-0.05, 0) is 12.8 Å². The molecule has 6 heteroatoms. The summed E-state index contributed by atoms with van der Waals surface area (Å²) in [7, 11) is 0. The number of hydrogen-bond donors (Lipinski definition) is 1. The average Bonchev–Trinajstić information content (AvgIpc) is 2.35. The fourth-order valence-corrected chi connectivity index (χ4v) is 3.31. The number of morpholine rings is 1. The molecule has 106 valence electrons. The number of fused-ring (bicyclic) bond motifs is 1. The number of urea groups is 1. The normalized spacial score (nSPS) is 31.6. The fraction of sp³-hybridized carbons (Fsp3) is 0.846. The highest BCUT2D eigenvalue weighted by Gasteiger charge is 2.42. The summed E-state index contributed by atoms with van der Waals surface area (Å²) in [6.07, 6.45) is 4.54. The van der Waals surface area contributed by atoms with E-state index >= 15 is 0 Å². The molecule has 0 aromatic heterocycles. The van der Waals surface area contributed by atoms with Crippen molar-refractivity contribution in [1.82, 2.24) is 9.80 Å². The minimum Gasteiger partial charge on any atom is -0.481 e. The van der Waals surface area contributed by atoms with Gasteiger partial charge >= 0.3 is 12.0 Å². The number of carbonyl (C=O) groups excluding carboxylic acids is 1. The predicted octanol–water partition coefficient (Wildman–Crippen LogP) is 0.766. The molecule has 2 saturated heterocycles. The second-order valence-electron chi connectivity index (χ2n) is 5.68. The van der Waals surface area contributed by atoms with Crippen molar-refractivity contribution in [2.24, 2.45) is 5.92 Å². The lowest BCUT2D eigenvalue weighted by atomic mass is 9.90. The van der Waals surface area contributed by atoms with E-state index in [0.717, 1.165) is 19.3 Å². The molecule has 0 aromatic carbocycles. The molecule has 0 spiro atoms. The number of rotatable bonds is 1. The van der Waals surface area contributed by atoms with Gasteiger partial charge in [0.05, 0.1) is 24.7 Å². The Morgan fingerprint density at radius 1 is 1.16 bits per heavy atom. The largest absolute Gasteiger partial charge is 0.481 e. The van der Waals surface area contributed by atoms with Gasteiger partial charge in [0, 0.05) is 19.6 Å². The van der Waals surface area contributed by atoms with Crippen molar-refractivity contribution < 1.29 is 19.4 Å². The molecule has 2 heterocycles. The van der Waals surface area contributed by atoms with Crippen LogP contribution in [0.1, 0.15) is 25.7 Å². The van der Waals surface area contributed by atoms with Crippen LogP contribution in [-0.4, -0.2) is 65.3 Å². The molecule has 3 rings (SSSR count). The molecule has 1 aliphatic carbocycles. The summed E-state index contributed by atoms with van der Waals surface area (Å²) in [4.78, 5) is 26.7. The molecule has 0 bridgehead atoms. The van der Waals surface area contributed by atoms with Crippen LogP contribution in [0, 0.1) is 5.92 Å². The Balaban J connectivity index is 1.61. The average molecular weight is 268 g/mol. The number of carboxylic acids is 1. The third-order valence-corrected chi connectivity index (χ3v) is 4.48. The fourth-order valence-electron chi connectivity index (χ4n) is 3.31. The second-order valence-corrected chi connectivity index (χ2v) is 5.68. The standard InChI is InChI=1S/C13H20N2O4/c16-12(17)9-7-14(8-9)13(18)15-5-6-19-11-4-2-1-3-10(11)15/h9-11H,1-8H2,(H,16,17). The van der Waals surface area contributed by atoms with Crippen LogP contribution in [0.2, 0.25) is 0 Å². The van der Waals surface area contributed by atoms with Crippen LogP contribution in [0.25, 0.3) is 0 Å². The minimum atomic E-state index is -0.804. The lowest BCUT2D eigenvalue weighted by molar-refractivity contribution is -0.146. The highest BCUT2D eigenvalue weighted by Crippen LogP contribution is 2.30. The SMILES string of the molecule is O=C(O)C1CN(C(=O)N2CCOC3CCCCC32)C1. The molecule has 2 unspecified atom stereocenters. The summed E-state index contributed by atoms with van der Waals surface area (Å²) in [5, 5.41) is 8.86. The van der Waals surface area contributed by atoms with E-state index in [-0.39, 0.29) is 24.1 Å². The highest BCUT2D eigenvalue weighted by molar-refractivity contribution is 5.80. The Hall–Kier alpha value is -1.30. The van der Waals surface area contributed by atoms with Crippen LogP contribution in [-0.2, 0) is 9.53 Å². The number of nitrogens with zero attached hydrogens (tertiary/aromatic N) is 2. The van der Waals surface area contributed by atoms with Crippen molar-refractivity contribution in [3.63, 3.8) is 0 Å². The van der Waals surface area contributed by atoms with Crippen LogP contribution in [0.3, 0.4) is 0 Å². The summed E-state index contributed by atoms with van der Waals surface area (Å²) in [5.74, 6) is -1.19. The molecule has 19 heavy (non-hydrogen) atoms. The zero-order valence-electron chi connectivity index (χ0n) is 11.0. The Labute approximate surface area is 112 Å². The maximum atomic E-state index is 12.4. The third-order valence-electron chi connectivity index (χ3n) is 4.48. The van der Waals surface area contributed by atoms with Gasteiger partial charge in [-0.1, -0.05) is 12.8 Å². The summed E-state index contributed by atoms with van der Waals surface area (Å²) < 4.78 is 5.75. The smallest absolute Gasteiger partial charge is 0.320 e. The van der Waals surface area contributed by atoms with Gasteiger partial charge in [0.25, 0.3) is 0 Å². The quantitative estimate of drug-likeness (QED) is 0.762. The maximum absolute atomic E-state index is 12.4. The van der Waals surface area contributed by atoms with Gasteiger partial charge in [0.15, 0.2) is 0 Å². The summed E-state index contributed by atoms with van der Waals surface area (Å²) in [5.41, 5.74) is 0. The monoisotopic (exact) mass is 268 g/mol. The first-order valence-electron chi connectivity index (χ1n) is 7.07. The number of amides is 2. The van der Waals surface area contributed by atoms with Crippen molar-refractivity contribution >= 4 is 12.0 Å². The van der Waals surface area contributed by atoms with Crippen LogP contribution in [0.5, 0.6) is 0 Å². The number of carboxylic acid groups (broad SMARTS) is 1. The second kappa shape index (κ2) is 5.00. The molecule has 2 atom stereocenters. The van der Waals surface area contributed by atoms with E-state index in [9.17, 15) is 9.59 Å². The van der Waals surface area contributed by atoms with E-state index < -0.39 is 5.97 Å². The van der Waals surface area contributed by atoms with Gasteiger partial charge in [-0.2, -0.15) is 0 Å². The van der Waals surface area contributed by atoms with E-state index in [1.807, 2.05) is 4.90 Å². The molecule has 0 aromatic rings. The zero-order valence-corrected chi connectivity index (χ0v) is 11.0. The molecule has 3 aliphatic rings. The van der Waals surface area contributed by atoms with Gasteiger partial charge < -0.3 is 19.6 Å². The predicted molar refractivity (Wildman–Crippen MR) is 66.8 cm³/mol. The third kappa shape index (κ3) is 2.29. The van der Waals surface area contributed by atoms with E-state index in [4.69, 9.17) is 9.84 Å². The number of aliphatic carboxylic acids is 1. The Bertz CT molecular complexity index is 379. The van der Waals surface area contributed by atoms with Crippen molar-refractivity contribution in [2.45, 2.75) is 37.8 Å². The molecule has 3 fully saturated rings. The minimum absolute atomic E-state index is 0.00213. The van der Waals surface area contributed by atoms with Gasteiger partial charge in [-0.25, -0.2) is 4.79 Å². The lowest BCUT2D eigenvalue weighted by Gasteiger charge is -2.47. The summed E-state index contributed by atoms with van der Waals surface area (Å²) in [6.45, 7) is 1.93. The van der Waals surface area contributed by atoms with Crippen molar-refractivity contribution in [3.8, 4) is 0 Å². The summed E-state index contributed by atoms with van der Waals surface area (Å²) >= 11 is 0. The van der Waals surface area contributed by atoms with Gasteiger partial charge in [0.1, 0.15) is 0 Å². The van der Waals surface area contributed by atoms with E-state index in [2.05, 4.69) is 0 Å². The first-order chi connectivity index (χ1) is 9.16. The molecule has 1 N–H and O–H groups in total. The van der Waals surface area contributed by atoms with Crippen LogP contribution in [0.4, 0.5) is 4.79 Å². The Kier molecular flexibility index (Phi) is 3.35. The molecule has 1 saturated carbocycles. The van der Waals surface area contributed by atoms with Crippen molar-refractivity contribution in [2.75, 3.05) is 26.2 Å². The maximum Gasteiger partial charge on any atom is 0.320 e. The number of likely N-dealkylation sites (tertiary alicyclic amines) is 1. The Morgan fingerprint density at radius 3 is 2.63 bits per heavy atom. The first-order valence-corrected chi connectivity index (χ1v) is 7.07. The van der Waals surface area contributed by atoms with Gasteiger partial charge in [0.2, 0.25) is 0 Å². The van der Waals surface area contributed by atoms with Crippen LogP contribution >= 0.6 is 0 Å². The molecular weight excluding hydrogens is 248 g/mol. The molecule has 2 aliphatic heterocycles. The summed E-state index contributed by atoms with van der Waals surface area (Å²) in [6, 6.07) is 0.191. The number of ether oxygens (including phenoxy) is 1. The van der Waals surface area contributed by atoms with Gasteiger partial charge in [-0.3, -0.25) is 4.79 Å². The zero-order chi connectivity index (χ0) is 13.4. The molecule has 0 radical (unpaired) electrons. The first kappa shape index (κ1) is 12.7. The van der Waals surface area contributed by atoms with Crippen LogP contribution < -0.4 is 0 Å². The molecule has 2 amide bonds. The van der Waals surface area contributed by atoms with E-state index in [1.165, 1.54) is 6.42 Å². The van der Waals surface area contributed by atoms with Crippen LogP contribution in [0.15, 0.2) is 0 Å². The van der Waals surface area contributed by atoms with Crippen molar-refractivity contribution in [3.05, 3.63) is 0 Å². The molecule has 6 nitrogen and oxygen atoms in total. The van der Waals surface area contributed by atoms with E-state index in [1.54, 1.807) is 4.90 Å². The number of hydrogen-bond acceptors (Lipinski definition) is 3. The van der Waals surface area contributed by atoms with Crippen molar-refractivity contribution in [1.29, 1.82) is 0 Å². The number of carbonyl (C=O) groups is 2. The van der Waals surface area contributed by atoms with Gasteiger partial charge in [-0.15, -0.1) is 0 Å². The van der Waals surface area contributed by atoms with E-state index in [0.29, 0.717) is 26.2 Å². The highest BCUT2D eigenvalue weighted by atomic mass is 16.5. The molecular formula is C13H20N2O4.